The van der Waals surface area contributed by atoms with Gasteiger partial charge in [-0.15, -0.1) is 0 Å². The number of rotatable bonds is 6. The van der Waals surface area contributed by atoms with Crippen LogP contribution in [0.5, 0.6) is 0 Å². The van der Waals surface area contributed by atoms with E-state index in [1.807, 2.05) is 6.92 Å². The molecular formula is C14H20N2O2. The topological polar surface area (TPSA) is 67.5 Å². The third kappa shape index (κ3) is 3.46. The Morgan fingerprint density at radius 3 is 2.67 bits per heavy atom. The van der Waals surface area contributed by atoms with Gasteiger partial charge in [-0.3, -0.25) is 0 Å². The van der Waals surface area contributed by atoms with Crippen LogP contribution >= 0.6 is 0 Å². The van der Waals surface area contributed by atoms with Gasteiger partial charge in [-0.2, -0.15) is 5.26 Å². The first-order chi connectivity index (χ1) is 8.63. The summed E-state index contributed by atoms with van der Waals surface area (Å²) in [6, 6.07) is 7.41. The Labute approximate surface area is 108 Å². The summed E-state index contributed by atoms with van der Waals surface area (Å²) in [6.07, 6.45) is 0.0973. The van der Waals surface area contributed by atoms with Crippen LogP contribution in [0.1, 0.15) is 37.5 Å². The van der Waals surface area contributed by atoms with Gasteiger partial charge < -0.3 is 15.1 Å². The van der Waals surface area contributed by atoms with Crippen molar-refractivity contribution < 1.29 is 10.2 Å². The summed E-state index contributed by atoms with van der Waals surface area (Å²) in [5.74, 6) is 0. The number of nitrogens with zero attached hydrogens (tertiary/aromatic N) is 2. The maximum absolute atomic E-state index is 9.78. The molecule has 0 spiro atoms. The van der Waals surface area contributed by atoms with Crippen LogP contribution in [0.2, 0.25) is 0 Å². The van der Waals surface area contributed by atoms with Gasteiger partial charge in [0.25, 0.3) is 0 Å². The standard InChI is InChI=1S/C14H20N2O2/c1-3-16(7-4-8-17)14-9-12(10-15)5-6-13(14)11(2)18/h5-6,9,11,17-18H,3-4,7-8H2,1-2H3. The van der Waals surface area contributed by atoms with E-state index in [-0.39, 0.29) is 6.61 Å². The zero-order valence-corrected chi connectivity index (χ0v) is 10.9. The normalized spacial score (nSPS) is 11.9. The van der Waals surface area contributed by atoms with Crippen molar-refractivity contribution in [3.8, 4) is 6.07 Å². The Morgan fingerprint density at radius 2 is 2.17 bits per heavy atom. The van der Waals surface area contributed by atoms with Gasteiger partial charge in [-0.25, -0.2) is 0 Å². The summed E-state index contributed by atoms with van der Waals surface area (Å²) < 4.78 is 0. The molecule has 0 aliphatic carbocycles. The van der Waals surface area contributed by atoms with E-state index in [2.05, 4.69) is 11.0 Å². The zero-order valence-electron chi connectivity index (χ0n) is 10.9. The van der Waals surface area contributed by atoms with Crippen molar-refractivity contribution in [1.29, 1.82) is 5.26 Å². The molecular weight excluding hydrogens is 228 g/mol. The highest BCUT2D eigenvalue weighted by Crippen LogP contribution is 2.27. The first-order valence-electron chi connectivity index (χ1n) is 6.22. The molecule has 1 aromatic rings. The van der Waals surface area contributed by atoms with Crippen LogP contribution in [0.3, 0.4) is 0 Å². The van der Waals surface area contributed by atoms with Gasteiger partial charge in [0.1, 0.15) is 0 Å². The molecule has 0 fully saturated rings. The van der Waals surface area contributed by atoms with Gasteiger partial charge in [-0.1, -0.05) is 6.07 Å². The number of nitriles is 1. The fourth-order valence-electron chi connectivity index (χ4n) is 1.95. The van der Waals surface area contributed by atoms with Crippen molar-refractivity contribution in [3.05, 3.63) is 29.3 Å². The second-order valence-corrected chi connectivity index (χ2v) is 4.22. The third-order valence-electron chi connectivity index (χ3n) is 2.92. The predicted molar refractivity (Wildman–Crippen MR) is 71.4 cm³/mol. The van der Waals surface area contributed by atoms with Crippen LogP contribution in [0.25, 0.3) is 0 Å². The van der Waals surface area contributed by atoms with Gasteiger partial charge in [0, 0.05) is 30.9 Å². The third-order valence-corrected chi connectivity index (χ3v) is 2.92. The number of hydrogen-bond acceptors (Lipinski definition) is 4. The molecule has 1 rings (SSSR count). The smallest absolute Gasteiger partial charge is 0.0992 e. The van der Waals surface area contributed by atoms with Gasteiger partial charge in [-0.05, 0) is 32.4 Å². The lowest BCUT2D eigenvalue weighted by Gasteiger charge is -2.26. The van der Waals surface area contributed by atoms with Crippen LogP contribution < -0.4 is 4.90 Å². The van der Waals surface area contributed by atoms with Crippen LogP contribution in [0.15, 0.2) is 18.2 Å². The van der Waals surface area contributed by atoms with Gasteiger partial charge in [0.05, 0.1) is 17.7 Å². The Morgan fingerprint density at radius 1 is 1.44 bits per heavy atom. The Kier molecular flexibility index (Phi) is 5.63. The summed E-state index contributed by atoms with van der Waals surface area (Å²) in [6.45, 7) is 5.35. The number of hydrogen-bond donors (Lipinski definition) is 2. The molecule has 4 heteroatoms. The number of anilines is 1. The second-order valence-electron chi connectivity index (χ2n) is 4.22. The molecule has 98 valence electrons. The molecule has 1 aromatic carbocycles. The van der Waals surface area contributed by atoms with E-state index >= 15 is 0 Å². The van der Waals surface area contributed by atoms with Gasteiger partial charge in [0.15, 0.2) is 0 Å². The molecule has 0 aromatic heterocycles. The fourth-order valence-corrected chi connectivity index (χ4v) is 1.95. The maximum Gasteiger partial charge on any atom is 0.0992 e. The molecule has 0 bridgehead atoms. The average molecular weight is 248 g/mol. The van der Waals surface area contributed by atoms with Crippen molar-refractivity contribution in [1.82, 2.24) is 0 Å². The number of aliphatic hydroxyl groups excluding tert-OH is 2. The molecule has 0 aliphatic rings. The van der Waals surface area contributed by atoms with E-state index in [0.717, 1.165) is 17.8 Å². The highest BCUT2D eigenvalue weighted by molar-refractivity contribution is 5.58. The van der Waals surface area contributed by atoms with Crippen molar-refractivity contribution in [2.24, 2.45) is 0 Å². The Balaban J connectivity index is 3.12. The molecule has 0 saturated carbocycles. The minimum Gasteiger partial charge on any atom is -0.396 e. The van der Waals surface area contributed by atoms with E-state index in [1.165, 1.54) is 0 Å². The van der Waals surface area contributed by atoms with E-state index in [0.29, 0.717) is 18.5 Å². The summed E-state index contributed by atoms with van der Waals surface area (Å²) in [4.78, 5) is 2.07. The van der Waals surface area contributed by atoms with E-state index in [9.17, 15) is 5.11 Å². The van der Waals surface area contributed by atoms with E-state index in [1.54, 1.807) is 25.1 Å². The second kappa shape index (κ2) is 7.00. The monoisotopic (exact) mass is 248 g/mol. The highest BCUT2D eigenvalue weighted by atomic mass is 16.3. The quantitative estimate of drug-likeness (QED) is 0.806. The van der Waals surface area contributed by atoms with E-state index in [4.69, 9.17) is 10.4 Å². The molecule has 1 unspecified atom stereocenters. The number of benzene rings is 1. The summed E-state index contributed by atoms with van der Waals surface area (Å²) in [7, 11) is 0. The van der Waals surface area contributed by atoms with Crippen LogP contribution in [-0.2, 0) is 0 Å². The molecule has 2 N–H and O–H groups in total. The molecule has 18 heavy (non-hydrogen) atoms. The van der Waals surface area contributed by atoms with Gasteiger partial charge in [0.2, 0.25) is 0 Å². The molecule has 0 saturated heterocycles. The largest absolute Gasteiger partial charge is 0.396 e. The lowest BCUT2D eigenvalue weighted by Crippen LogP contribution is -2.26. The minimum atomic E-state index is -0.573. The first-order valence-corrected chi connectivity index (χ1v) is 6.22. The van der Waals surface area contributed by atoms with Crippen LogP contribution in [0.4, 0.5) is 5.69 Å². The Bertz CT molecular complexity index is 424. The van der Waals surface area contributed by atoms with Crippen molar-refractivity contribution in [2.75, 3.05) is 24.6 Å². The predicted octanol–water partition coefficient (Wildman–Crippen LogP) is 1.82. The molecule has 4 nitrogen and oxygen atoms in total. The SMILES string of the molecule is CCN(CCCO)c1cc(C#N)ccc1C(C)O. The summed E-state index contributed by atoms with van der Waals surface area (Å²) in [5.41, 5.74) is 2.27. The summed E-state index contributed by atoms with van der Waals surface area (Å²) in [5, 5.41) is 27.6. The Hall–Kier alpha value is -1.57. The van der Waals surface area contributed by atoms with Crippen molar-refractivity contribution >= 4 is 5.69 Å². The molecule has 1 atom stereocenters. The maximum atomic E-state index is 9.78. The molecule has 0 amide bonds. The van der Waals surface area contributed by atoms with Crippen LogP contribution in [-0.4, -0.2) is 29.9 Å². The molecule has 0 radical (unpaired) electrons. The number of aliphatic hydroxyl groups is 2. The fraction of sp³-hybridized carbons (Fsp3) is 0.500. The zero-order chi connectivity index (χ0) is 13.5. The van der Waals surface area contributed by atoms with Gasteiger partial charge >= 0.3 is 0 Å². The lowest BCUT2D eigenvalue weighted by molar-refractivity contribution is 0.199. The minimum absolute atomic E-state index is 0.137. The molecule has 0 heterocycles. The van der Waals surface area contributed by atoms with Crippen molar-refractivity contribution in [2.45, 2.75) is 26.4 Å². The average Bonchev–Trinajstić information content (AvgIpc) is 2.39. The lowest BCUT2D eigenvalue weighted by atomic mass is 10.0. The summed E-state index contributed by atoms with van der Waals surface area (Å²) >= 11 is 0. The molecule has 0 aliphatic heterocycles. The van der Waals surface area contributed by atoms with Crippen LogP contribution in [0, 0.1) is 11.3 Å². The van der Waals surface area contributed by atoms with E-state index < -0.39 is 6.10 Å². The first kappa shape index (κ1) is 14.5. The highest BCUT2D eigenvalue weighted by Gasteiger charge is 2.14. The van der Waals surface area contributed by atoms with Crippen molar-refractivity contribution in [3.63, 3.8) is 0 Å².